The van der Waals surface area contributed by atoms with Crippen molar-refractivity contribution in [2.75, 3.05) is 27.2 Å². The molecule has 2 nitrogen and oxygen atoms in total. The summed E-state index contributed by atoms with van der Waals surface area (Å²) in [5.41, 5.74) is 0.906. The van der Waals surface area contributed by atoms with Crippen LogP contribution in [0.3, 0.4) is 0 Å². The minimum atomic E-state index is -0.525. The normalized spacial score (nSPS) is 13.8. The topological polar surface area (TPSA) is 15.3 Å². The first-order chi connectivity index (χ1) is 9.21. The first-order valence-corrected chi connectivity index (χ1v) is 7.03. The minimum Gasteiger partial charge on any atom is -0.313 e. The fraction of sp³-hybridized carbons (Fsp3) is 0.625. The molecule has 4 heteroatoms. The minimum absolute atomic E-state index is 0.0392. The van der Waals surface area contributed by atoms with Gasteiger partial charge in [-0.1, -0.05) is 20.8 Å². The van der Waals surface area contributed by atoms with Crippen LogP contribution in [0.25, 0.3) is 0 Å². The molecule has 20 heavy (non-hydrogen) atoms. The predicted molar refractivity (Wildman–Crippen MR) is 79.7 cm³/mol. The molecule has 1 rings (SSSR count). The largest absolute Gasteiger partial charge is 0.313 e. The highest BCUT2D eigenvalue weighted by Crippen LogP contribution is 2.20. The van der Waals surface area contributed by atoms with Gasteiger partial charge in [0.2, 0.25) is 0 Å². The van der Waals surface area contributed by atoms with Gasteiger partial charge in [-0.2, -0.15) is 0 Å². The van der Waals surface area contributed by atoms with E-state index < -0.39 is 11.6 Å². The zero-order chi connectivity index (χ0) is 15.3. The van der Waals surface area contributed by atoms with Crippen molar-refractivity contribution >= 4 is 0 Å². The summed E-state index contributed by atoms with van der Waals surface area (Å²) in [7, 11) is 3.89. The van der Waals surface area contributed by atoms with Crippen molar-refractivity contribution in [2.24, 2.45) is 5.41 Å². The smallest absolute Gasteiger partial charge is 0.126 e. The highest BCUT2D eigenvalue weighted by Gasteiger charge is 2.16. The van der Waals surface area contributed by atoms with Gasteiger partial charge in [0.05, 0.1) is 0 Å². The SMILES string of the molecule is CNC(CCN(C)CC(C)(C)C)c1cc(F)cc(F)c1. The van der Waals surface area contributed by atoms with Gasteiger partial charge in [-0.15, -0.1) is 0 Å². The average Bonchev–Trinajstić information content (AvgIpc) is 2.25. The fourth-order valence-corrected chi connectivity index (χ4v) is 2.49. The number of hydrogen-bond donors (Lipinski definition) is 1. The first kappa shape index (κ1) is 17.1. The second-order valence-electron chi connectivity index (χ2n) is 6.63. The van der Waals surface area contributed by atoms with Crippen LogP contribution in [0, 0.1) is 17.0 Å². The molecule has 0 amide bonds. The van der Waals surface area contributed by atoms with Gasteiger partial charge in [0.15, 0.2) is 0 Å². The molecule has 0 saturated carbocycles. The molecule has 0 heterocycles. The molecule has 1 atom stereocenters. The lowest BCUT2D eigenvalue weighted by Gasteiger charge is -2.28. The number of halogens is 2. The Bertz CT molecular complexity index is 407. The Morgan fingerprint density at radius 1 is 1.15 bits per heavy atom. The number of nitrogens with zero attached hydrogens (tertiary/aromatic N) is 1. The molecule has 1 unspecified atom stereocenters. The van der Waals surface area contributed by atoms with Gasteiger partial charge >= 0.3 is 0 Å². The molecule has 114 valence electrons. The van der Waals surface area contributed by atoms with Gasteiger partial charge in [0, 0.05) is 18.7 Å². The molecule has 0 fully saturated rings. The molecule has 1 N–H and O–H groups in total. The average molecular weight is 284 g/mol. The van der Waals surface area contributed by atoms with Crippen LogP contribution >= 0.6 is 0 Å². The molecule has 1 aromatic rings. The van der Waals surface area contributed by atoms with E-state index in [1.54, 1.807) is 0 Å². The number of rotatable bonds is 6. The maximum absolute atomic E-state index is 13.3. The third-order valence-electron chi connectivity index (χ3n) is 3.18. The van der Waals surface area contributed by atoms with Crippen LogP contribution < -0.4 is 5.32 Å². The van der Waals surface area contributed by atoms with Crippen LogP contribution in [0.15, 0.2) is 18.2 Å². The maximum Gasteiger partial charge on any atom is 0.126 e. The quantitative estimate of drug-likeness (QED) is 0.858. The van der Waals surface area contributed by atoms with E-state index in [2.05, 4.69) is 38.0 Å². The summed E-state index contributed by atoms with van der Waals surface area (Å²) in [6.45, 7) is 8.45. The van der Waals surface area contributed by atoms with Crippen LogP contribution in [-0.2, 0) is 0 Å². The van der Waals surface area contributed by atoms with Crippen molar-refractivity contribution in [1.29, 1.82) is 0 Å². The Morgan fingerprint density at radius 3 is 2.15 bits per heavy atom. The van der Waals surface area contributed by atoms with E-state index in [1.807, 2.05) is 7.05 Å². The molecular formula is C16H26F2N2. The number of hydrogen-bond acceptors (Lipinski definition) is 2. The molecule has 0 aromatic heterocycles. The van der Waals surface area contributed by atoms with Crippen LogP contribution in [0.1, 0.15) is 38.8 Å². The van der Waals surface area contributed by atoms with Gasteiger partial charge in [-0.3, -0.25) is 0 Å². The fourth-order valence-electron chi connectivity index (χ4n) is 2.49. The maximum atomic E-state index is 13.3. The van der Waals surface area contributed by atoms with E-state index in [0.29, 0.717) is 5.56 Å². The van der Waals surface area contributed by atoms with E-state index in [-0.39, 0.29) is 11.5 Å². The summed E-state index contributed by atoms with van der Waals surface area (Å²) in [6, 6.07) is 3.66. The van der Waals surface area contributed by atoms with Crippen molar-refractivity contribution in [1.82, 2.24) is 10.2 Å². The molecule has 0 aliphatic rings. The standard InChI is InChI=1S/C16H26F2N2/c1-16(2,3)11-20(5)7-6-15(19-4)12-8-13(17)10-14(18)9-12/h8-10,15,19H,6-7,11H2,1-5H3. The van der Waals surface area contributed by atoms with E-state index in [9.17, 15) is 8.78 Å². The van der Waals surface area contributed by atoms with Gasteiger partial charge in [-0.05, 0) is 50.2 Å². The zero-order valence-electron chi connectivity index (χ0n) is 13.1. The molecular weight excluding hydrogens is 258 g/mol. The van der Waals surface area contributed by atoms with Crippen LogP contribution in [0.2, 0.25) is 0 Å². The van der Waals surface area contributed by atoms with Gasteiger partial charge < -0.3 is 10.2 Å². The zero-order valence-corrected chi connectivity index (χ0v) is 13.1. The van der Waals surface area contributed by atoms with E-state index >= 15 is 0 Å². The Balaban J connectivity index is 2.63. The molecule has 0 aliphatic carbocycles. The van der Waals surface area contributed by atoms with Crippen LogP contribution in [0.4, 0.5) is 8.78 Å². The third kappa shape index (κ3) is 5.97. The van der Waals surface area contributed by atoms with Crippen molar-refractivity contribution in [2.45, 2.75) is 33.2 Å². The summed E-state index contributed by atoms with van der Waals surface area (Å²) in [4.78, 5) is 2.25. The van der Waals surface area contributed by atoms with Crippen molar-refractivity contribution in [3.8, 4) is 0 Å². The number of benzene rings is 1. The molecule has 1 aromatic carbocycles. The Kier molecular flexibility index (Phi) is 6.08. The Labute approximate surface area is 121 Å². The van der Waals surface area contributed by atoms with E-state index in [1.165, 1.54) is 12.1 Å². The summed E-state index contributed by atoms with van der Waals surface area (Å²) in [5, 5.41) is 3.13. The highest BCUT2D eigenvalue weighted by molar-refractivity contribution is 5.21. The van der Waals surface area contributed by atoms with Crippen molar-refractivity contribution < 1.29 is 8.78 Å². The van der Waals surface area contributed by atoms with Crippen molar-refractivity contribution in [3.63, 3.8) is 0 Å². The van der Waals surface area contributed by atoms with Crippen molar-refractivity contribution in [3.05, 3.63) is 35.4 Å². The lowest BCUT2D eigenvalue weighted by atomic mass is 9.96. The first-order valence-electron chi connectivity index (χ1n) is 7.03. The monoisotopic (exact) mass is 284 g/mol. The second-order valence-corrected chi connectivity index (χ2v) is 6.63. The molecule has 0 spiro atoms. The number of nitrogens with one attached hydrogen (secondary N) is 1. The third-order valence-corrected chi connectivity index (χ3v) is 3.18. The lowest BCUT2D eigenvalue weighted by Crippen LogP contribution is -2.32. The Hall–Kier alpha value is -1.00. The van der Waals surface area contributed by atoms with E-state index in [4.69, 9.17) is 0 Å². The Morgan fingerprint density at radius 2 is 1.70 bits per heavy atom. The molecule has 0 bridgehead atoms. The highest BCUT2D eigenvalue weighted by atomic mass is 19.1. The van der Waals surface area contributed by atoms with Gasteiger partial charge in [0.25, 0.3) is 0 Å². The lowest BCUT2D eigenvalue weighted by molar-refractivity contribution is 0.218. The van der Waals surface area contributed by atoms with Gasteiger partial charge in [0.1, 0.15) is 11.6 Å². The predicted octanol–water partition coefficient (Wildman–Crippen LogP) is 3.59. The molecule has 0 saturated heterocycles. The summed E-state index contributed by atoms with van der Waals surface area (Å²) in [5.74, 6) is -1.05. The molecule has 0 radical (unpaired) electrons. The summed E-state index contributed by atoms with van der Waals surface area (Å²) >= 11 is 0. The second kappa shape index (κ2) is 7.14. The summed E-state index contributed by atoms with van der Waals surface area (Å²) < 4.78 is 26.5. The van der Waals surface area contributed by atoms with E-state index in [0.717, 1.165) is 25.6 Å². The molecule has 0 aliphatic heterocycles. The summed E-state index contributed by atoms with van der Waals surface area (Å²) in [6.07, 6.45) is 0.811. The van der Waals surface area contributed by atoms with Gasteiger partial charge in [-0.25, -0.2) is 8.78 Å². The van der Waals surface area contributed by atoms with Crippen LogP contribution in [0.5, 0.6) is 0 Å². The van der Waals surface area contributed by atoms with Crippen LogP contribution in [-0.4, -0.2) is 32.1 Å².